The van der Waals surface area contributed by atoms with Crippen LogP contribution in [-0.2, 0) is 10.0 Å². The van der Waals surface area contributed by atoms with Crippen molar-refractivity contribution < 1.29 is 22.4 Å². The number of sulfonamides is 1. The van der Waals surface area contributed by atoms with E-state index in [0.29, 0.717) is 34.0 Å². The molecular formula is C20H15NO5S. The van der Waals surface area contributed by atoms with Crippen molar-refractivity contribution in [2.24, 2.45) is 5.14 Å². The molecule has 0 saturated heterocycles. The van der Waals surface area contributed by atoms with Crippen LogP contribution in [0.1, 0.15) is 16.1 Å². The van der Waals surface area contributed by atoms with Crippen molar-refractivity contribution in [3.63, 3.8) is 0 Å². The Bertz CT molecular complexity index is 1160. The summed E-state index contributed by atoms with van der Waals surface area (Å²) < 4.78 is 34.0. The lowest BCUT2D eigenvalue weighted by Gasteiger charge is -2.18. The Balaban J connectivity index is 1.60. The van der Waals surface area contributed by atoms with Crippen molar-refractivity contribution in [2.45, 2.75) is 4.90 Å². The Morgan fingerprint density at radius 2 is 1.70 bits per heavy atom. The summed E-state index contributed by atoms with van der Waals surface area (Å²) in [6.45, 7) is 0.176. The van der Waals surface area contributed by atoms with Crippen LogP contribution in [0.4, 0.5) is 0 Å². The second-order valence-electron chi connectivity index (χ2n) is 6.05. The first-order valence-corrected chi connectivity index (χ1v) is 9.66. The van der Waals surface area contributed by atoms with Gasteiger partial charge in [0.25, 0.3) is 0 Å². The van der Waals surface area contributed by atoms with E-state index in [1.54, 1.807) is 48.5 Å². The highest BCUT2D eigenvalue weighted by Crippen LogP contribution is 2.29. The molecule has 0 amide bonds. The van der Waals surface area contributed by atoms with Gasteiger partial charge in [0.1, 0.15) is 23.9 Å². The number of ether oxygens (including phenoxy) is 1. The monoisotopic (exact) mass is 381 g/mol. The summed E-state index contributed by atoms with van der Waals surface area (Å²) in [6, 6.07) is 16.7. The van der Waals surface area contributed by atoms with E-state index in [2.05, 4.69) is 0 Å². The molecule has 3 aromatic rings. The van der Waals surface area contributed by atoms with Gasteiger partial charge in [-0.1, -0.05) is 12.1 Å². The molecule has 0 radical (unpaired) electrons. The standard InChI is InChI=1S/C20H15NO5S/c21-27(23,24)16-8-5-13(6-9-16)18-10-7-15(26-18)11-14-12-25-19-4-2-1-3-17(19)20(14)22/h1-11H,12H2,(H2,21,23,24)/b14-11+. The zero-order valence-electron chi connectivity index (χ0n) is 14.1. The van der Waals surface area contributed by atoms with Gasteiger partial charge in [-0.2, -0.15) is 0 Å². The topological polar surface area (TPSA) is 99.6 Å². The van der Waals surface area contributed by atoms with E-state index in [0.717, 1.165) is 0 Å². The molecule has 27 heavy (non-hydrogen) atoms. The minimum absolute atomic E-state index is 0.0313. The fourth-order valence-electron chi connectivity index (χ4n) is 2.85. The number of ketones is 1. The van der Waals surface area contributed by atoms with Crippen molar-refractivity contribution in [1.82, 2.24) is 0 Å². The predicted molar refractivity (Wildman–Crippen MR) is 99.8 cm³/mol. The van der Waals surface area contributed by atoms with Crippen LogP contribution in [0.5, 0.6) is 5.75 Å². The molecule has 0 spiro atoms. The van der Waals surface area contributed by atoms with Gasteiger partial charge in [0, 0.05) is 11.1 Å². The third-order valence-electron chi connectivity index (χ3n) is 4.22. The molecular weight excluding hydrogens is 366 g/mol. The number of primary sulfonamides is 1. The summed E-state index contributed by atoms with van der Waals surface area (Å²) in [5, 5.41) is 5.10. The smallest absolute Gasteiger partial charge is 0.238 e. The lowest BCUT2D eigenvalue weighted by atomic mass is 10.00. The Morgan fingerprint density at radius 1 is 0.963 bits per heavy atom. The van der Waals surface area contributed by atoms with Crippen LogP contribution < -0.4 is 9.88 Å². The number of hydrogen-bond acceptors (Lipinski definition) is 5. The Morgan fingerprint density at radius 3 is 2.44 bits per heavy atom. The molecule has 136 valence electrons. The van der Waals surface area contributed by atoms with E-state index < -0.39 is 10.0 Å². The second kappa shape index (κ2) is 6.53. The van der Waals surface area contributed by atoms with Crippen LogP contribution >= 0.6 is 0 Å². The normalized spacial score (nSPS) is 15.4. The summed E-state index contributed by atoms with van der Waals surface area (Å²) >= 11 is 0. The highest BCUT2D eigenvalue weighted by atomic mass is 32.2. The molecule has 1 aliphatic heterocycles. The Labute approximate surface area is 155 Å². The third kappa shape index (κ3) is 3.42. The molecule has 1 aliphatic rings. The largest absolute Gasteiger partial charge is 0.488 e. The number of carbonyl (C=O) groups is 1. The van der Waals surface area contributed by atoms with E-state index in [4.69, 9.17) is 14.3 Å². The molecule has 0 saturated carbocycles. The van der Waals surface area contributed by atoms with Crippen molar-refractivity contribution in [3.8, 4) is 17.1 Å². The summed E-state index contributed by atoms with van der Waals surface area (Å²) in [4.78, 5) is 12.6. The molecule has 1 aromatic heterocycles. The molecule has 0 atom stereocenters. The number of fused-ring (bicyclic) bond motifs is 1. The number of Topliss-reactive ketones (excluding diaryl/α,β-unsaturated/α-hetero) is 1. The first-order valence-electron chi connectivity index (χ1n) is 8.12. The van der Waals surface area contributed by atoms with Gasteiger partial charge in [0.05, 0.1) is 10.5 Å². The maximum atomic E-state index is 12.6. The maximum Gasteiger partial charge on any atom is 0.238 e. The molecule has 2 N–H and O–H groups in total. The zero-order valence-corrected chi connectivity index (χ0v) is 14.9. The van der Waals surface area contributed by atoms with Gasteiger partial charge in [-0.25, -0.2) is 13.6 Å². The summed E-state index contributed by atoms with van der Waals surface area (Å²) in [5.74, 6) is 1.54. The first-order chi connectivity index (χ1) is 12.9. The molecule has 0 fully saturated rings. The van der Waals surface area contributed by atoms with Crippen molar-refractivity contribution in [1.29, 1.82) is 0 Å². The first kappa shape index (κ1) is 17.3. The number of carbonyl (C=O) groups excluding carboxylic acids is 1. The summed E-state index contributed by atoms with van der Waals surface area (Å²) in [5.41, 5.74) is 1.73. The average molecular weight is 381 g/mol. The van der Waals surface area contributed by atoms with Crippen LogP contribution in [0.25, 0.3) is 17.4 Å². The van der Waals surface area contributed by atoms with Gasteiger partial charge >= 0.3 is 0 Å². The van der Waals surface area contributed by atoms with E-state index >= 15 is 0 Å². The average Bonchev–Trinajstić information content (AvgIpc) is 3.12. The highest BCUT2D eigenvalue weighted by Gasteiger charge is 2.23. The van der Waals surface area contributed by atoms with E-state index in [1.807, 2.05) is 6.07 Å². The Kier molecular flexibility index (Phi) is 4.18. The number of hydrogen-bond donors (Lipinski definition) is 1. The zero-order chi connectivity index (χ0) is 19.0. The maximum absolute atomic E-state index is 12.6. The van der Waals surface area contributed by atoms with Crippen molar-refractivity contribution in [3.05, 3.63) is 77.6 Å². The summed E-state index contributed by atoms with van der Waals surface area (Å²) in [7, 11) is -3.74. The molecule has 0 bridgehead atoms. The molecule has 6 nitrogen and oxygen atoms in total. The molecule has 0 unspecified atom stereocenters. The van der Waals surface area contributed by atoms with Crippen molar-refractivity contribution >= 4 is 21.9 Å². The lowest BCUT2D eigenvalue weighted by Crippen LogP contribution is -2.18. The van der Waals surface area contributed by atoms with E-state index in [9.17, 15) is 13.2 Å². The quantitative estimate of drug-likeness (QED) is 0.702. The van der Waals surface area contributed by atoms with Gasteiger partial charge in [0.15, 0.2) is 5.78 Å². The van der Waals surface area contributed by atoms with Gasteiger partial charge < -0.3 is 9.15 Å². The molecule has 4 rings (SSSR count). The molecule has 0 aliphatic carbocycles. The third-order valence-corrected chi connectivity index (χ3v) is 5.15. The van der Waals surface area contributed by atoms with Crippen LogP contribution in [-0.4, -0.2) is 20.8 Å². The fourth-order valence-corrected chi connectivity index (χ4v) is 3.36. The highest BCUT2D eigenvalue weighted by molar-refractivity contribution is 7.89. The number of furan rings is 1. The summed E-state index contributed by atoms with van der Waals surface area (Å²) in [6.07, 6.45) is 1.65. The number of benzene rings is 2. The van der Waals surface area contributed by atoms with Crippen LogP contribution in [0, 0.1) is 0 Å². The minimum Gasteiger partial charge on any atom is -0.488 e. The van der Waals surface area contributed by atoms with E-state index in [1.165, 1.54) is 12.1 Å². The molecule has 2 aromatic carbocycles. The predicted octanol–water partition coefficient (Wildman–Crippen LogP) is 3.25. The van der Waals surface area contributed by atoms with E-state index in [-0.39, 0.29) is 17.3 Å². The number of rotatable bonds is 3. The van der Waals surface area contributed by atoms with Crippen LogP contribution in [0.2, 0.25) is 0 Å². The molecule has 2 heterocycles. The second-order valence-corrected chi connectivity index (χ2v) is 7.62. The van der Waals surface area contributed by atoms with Gasteiger partial charge in [-0.15, -0.1) is 0 Å². The van der Waals surface area contributed by atoms with Crippen molar-refractivity contribution in [2.75, 3.05) is 6.61 Å². The lowest BCUT2D eigenvalue weighted by molar-refractivity contribution is 0.100. The SMILES string of the molecule is NS(=O)(=O)c1ccc(-c2ccc(/C=C3\COc4ccccc4C3=O)o2)cc1. The number of nitrogens with two attached hydrogens (primary N) is 1. The van der Waals surface area contributed by atoms with Crippen LogP contribution in [0.15, 0.2) is 75.5 Å². The number of para-hydroxylation sites is 1. The molecule has 7 heteroatoms. The Hall–Kier alpha value is -3.16. The van der Waals surface area contributed by atoms with Gasteiger partial charge in [-0.3, -0.25) is 4.79 Å². The van der Waals surface area contributed by atoms with Gasteiger partial charge in [-0.05, 0) is 54.6 Å². The fraction of sp³-hybridized carbons (Fsp3) is 0.0500. The van der Waals surface area contributed by atoms with Crippen LogP contribution in [0.3, 0.4) is 0 Å². The van der Waals surface area contributed by atoms with Gasteiger partial charge in [0.2, 0.25) is 10.0 Å². The minimum atomic E-state index is -3.74.